The summed E-state index contributed by atoms with van der Waals surface area (Å²) in [5, 5.41) is 0.949. The summed E-state index contributed by atoms with van der Waals surface area (Å²) in [6.45, 7) is 0.568. The molecule has 2 rings (SSSR count). The maximum absolute atomic E-state index is 14.9. The van der Waals surface area contributed by atoms with E-state index in [4.69, 9.17) is 4.74 Å². The van der Waals surface area contributed by atoms with E-state index in [2.05, 4.69) is 15.9 Å². The Balaban J connectivity index is 2.11. The number of halogens is 2. The first-order chi connectivity index (χ1) is 10.3. The van der Waals surface area contributed by atoms with Crippen molar-refractivity contribution in [1.82, 2.24) is 0 Å². The average Bonchev–Trinajstić information content (AvgIpc) is 2.56. The van der Waals surface area contributed by atoms with E-state index in [-0.39, 0.29) is 0 Å². The molecule has 3 heteroatoms. The van der Waals surface area contributed by atoms with Crippen molar-refractivity contribution in [3.8, 4) is 0 Å². The molecule has 1 nitrogen and oxygen atoms in total. The van der Waals surface area contributed by atoms with Gasteiger partial charge in [0.2, 0.25) is 0 Å². The third-order valence-corrected chi connectivity index (χ3v) is 3.90. The van der Waals surface area contributed by atoms with Crippen LogP contribution in [0.1, 0.15) is 36.2 Å². The van der Waals surface area contributed by atoms with Crippen LogP contribution in [0.3, 0.4) is 0 Å². The van der Waals surface area contributed by atoms with Gasteiger partial charge in [-0.15, -0.1) is 0 Å². The van der Waals surface area contributed by atoms with Crippen molar-refractivity contribution in [2.45, 2.75) is 25.1 Å². The summed E-state index contributed by atoms with van der Waals surface area (Å²) < 4.78 is 20.7. The normalized spacial score (nSPS) is 13.8. The number of benzene rings is 2. The van der Waals surface area contributed by atoms with E-state index < -0.39 is 12.3 Å². The number of unbranched alkanes of at least 4 members (excludes halogenated alkanes) is 1. The van der Waals surface area contributed by atoms with Gasteiger partial charge in [0, 0.05) is 11.9 Å². The van der Waals surface area contributed by atoms with E-state index >= 15 is 0 Å². The summed E-state index contributed by atoms with van der Waals surface area (Å²) in [6, 6.07) is 18.8. The first-order valence-electron chi connectivity index (χ1n) is 7.24. The molecule has 0 saturated carbocycles. The van der Waals surface area contributed by atoms with Crippen LogP contribution in [-0.2, 0) is 4.74 Å². The van der Waals surface area contributed by atoms with Gasteiger partial charge in [-0.3, -0.25) is 0 Å². The second kappa shape index (κ2) is 8.96. The first kappa shape index (κ1) is 16.2. The van der Waals surface area contributed by atoms with E-state index in [0.717, 1.165) is 23.7 Å². The number of ether oxygens (including phenoxy) is 1. The molecule has 112 valence electrons. The fourth-order valence-corrected chi connectivity index (χ4v) is 2.61. The largest absolute Gasteiger partial charge is 0.370 e. The van der Waals surface area contributed by atoms with E-state index in [0.29, 0.717) is 12.2 Å². The molecule has 0 N–H and O–H groups in total. The monoisotopic (exact) mass is 350 g/mol. The highest BCUT2D eigenvalue weighted by Gasteiger charge is 2.25. The Morgan fingerprint density at radius 3 is 2.00 bits per heavy atom. The summed E-state index contributed by atoms with van der Waals surface area (Å²) in [6.07, 6.45) is 0.251. The van der Waals surface area contributed by atoms with Gasteiger partial charge >= 0.3 is 0 Å². The topological polar surface area (TPSA) is 9.23 Å². The fraction of sp³-hybridized carbons (Fsp3) is 0.333. The Morgan fingerprint density at radius 1 is 0.857 bits per heavy atom. The summed E-state index contributed by atoms with van der Waals surface area (Å²) in [4.78, 5) is 0. The fourth-order valence-electron chi connectivity index (χ4n) is 2.21. The summed E-state index contributed by atoms with van der Waals surface area (Å²) in [5.41, 5.74) is 1.54. The van der Waals surface area contributed by atoms with Crippen molar-refractivity contribution in [3.63, 3.8) is 0 Å². The molecular weight excluding hydrogens is 331 g/mol. The van der Waals surface area contributed by atoms with Gasteiger partial charge < -0.3 is 4.74 Å². The molecule has 0 fully saturated rings. The standard InChI is InChI=1S/C18H20BrFO/c19-13-7-8-14-21-18(16-11-5-2-6-12-16)17(20)15-9-3-1-4-10-15/h1-6,9-12,17-18H,7-8,13-14H2. The molecule has 0 radical (unpaired) electrons. The lowest BCUT2D eigenvalue weighted by molar-refractivity contribution is -0.00622. The second-order valence-electron chi connectivity index (χ2n) is 4.91. The minimum absolute atomic E-state index is 0.552. The molecule has 2 aromatic rings. The highest BCUT2D eigenvalue weighted by Crippen LogP contribution is 2.35. The maximum atomic E-state index is 14.9. The van der Waals surface area contributed by atoms with Crippen molar-refractivity contribution >= 4 is 15.9 Å². The second-order valence-corrected chi connectivity index (χ2v) is 5.70. The summed E-state index contributed by atoms with van der Waals surface area (Å²) >= 11 is 3.40. The zero-order valence-corrected chi connectivity index (χ0v) is 13.5. The Kier molecular flexibility index (Phi) is 6.90. The molecule has 0 bridgehead atoms. The van der Waals surface area contributed by atoms with Gasteiger partial charge in [0.25, 0.3) is 0 Å². The molecule has 2 atom stereocenters. The van der Waals surface area contributed by atoms with Crippen LogP contribution in [0, 0.1) is 0 Å². The van der Waals surface area contributed by atoms with Gasteiger partial charge in [0.15, 0.2) is 6.17 Å². The zero-order valence-electron chi connectivity index (χ0n) is 11.9. The number of hydrogen-bond donors (Lipinski definition) is 0. The maximum Gasteiger partial charge on any atom is 0.155 e. The van der Waals surface area contributed by atoms with Crippen LogP contribution in [0.5, 0.6) is 0 Å². The van der Waals surface area contributed by atoms with Crippen molar-refractivity contribution < 1.29 is 9.13 Å². The van der Waals surface area contributed by atoms with Crippen molar-refractivity contribution in [2.75, 3.05) is 11.9 Å². The summed E-state index contributed by atoms with van der Waals surface area (Å²) in [7, 11) is 0. The number of rotatable bonds is 8. The molecule has 0 aromatic heterocycles. The lowest BCUT2D eigenvalue weighted by Gasteiger charge is -2.22. The number of hydrogen-bond acceptors (Lipinski definition) is 1. The number of alkyl halides is 2. The van der Waals surface area contributed by atoms with Crippen LogP contribution < -0.4 is 0 Å². The third kappa shape index (κ3) is 4.94. The van der Waals surface area contributed by atoms with E-state index in [1.165, 1.54) is 0 Å². The lowest BCUT2D eigenvalue weighted by atomic mass is 9.99. The van der Waals surface area contributed by atoms with Gasteiger partial charge in [-0.2, -0.15) is 0 Å². The lowest BCUT2D eigenvalue weighted by Crippen LogP contribution is -2.12. The predicted molar refractivity (Wildman–Crippen MR) is 88.5 cm³/mol. The van der Waals surface area contributed by atoms with E-state index in [1.807, 2.05) is 60.7 Å². The van der Waals surface area contributed by atoms with Gasteiger partial charge in [-0.1, -0.05) is 76.6 Å². The Bertz CT molecular complexity index is 503. The summed E-state index contributed by atoms with van der Waals surface area (Å²) in [5.74, 6) is 0. The quantitative estimate of drug-likeness (QED) is 0.442. The van der Waals surface area contributed by atoms with Gasteiger partial charge in [0.1, 0.15) is 6.10 Å². The minimum atomic E-state index is -1.16. The molecule has 0 spiro atoms. The average molecular weight is 351 g/mol. The van der Waals surface area contributed by atoms with Gasteiger partial charge in [-0.05, 0) is 24.0 Å². The molecule has 0 saturated heterocycles. The van der Waals surface area contributed by atoms with Crippen molar-refractivity contribution in [3.05, 3.63) is 71.8 Å². The minimum Gasteiger partial charge on any atom is -0.370 e. The predicted octanol–water partition coefficient (Wildman–Crippen LogP) is 5.63. The van der Waals surface area contributed by atoms with Gasteiger partial charge in [0.05, 0.1) is 0 Å². The van der Waals surface area contributed by atoms with Crippen LogP contribution in [0.2, 0.25) is 0 Å². The van der Waals surface area contributed by atoms with Crippen LogP contribution in [0.15, 0.2) is 60.7 Å². The molecule has 21 heavy (non-hydrogen) atoms. The molecule has 0 aliphatic carbocycles. The third-order valence-electron chi connectivity index (χ3n) is 3.34. The highest BCUT2D eigenvalue weighted by molar-refractivity contribution is 9.09. The van der Waals surface area contributed by atoms with E-state index in [1.54, 1.807) is 0 Å². The van der Waals surface area contributed by atoms with Gasteiger partial charge in [-0.25, -0.2) is 4.39 Å². The van der Waals surface area contributed by atoms with Crippen LogP contribution in [-0.4, -0.2) is 11.9 Å². The van der Waals surface area contributed by atoms with Crippen LogP contribution in [0.25, 0.3) is 0 Å². The van der Waals surface area contributed by atoms with E-state index in [9.17, 15) is 4.39 Å². The van der Waals surface area contributed by atoms with Crippen molar-refractivity contribution in [2.24, 2.45) is 0 Å². The zero-order chi connectivity index (χ0) is 14.9. The first-order valence-corrected chi connectivity index (χ1v) is 8.36. The molecule has 0 aliphatic heterocycles. The SMILES string of the molecule is FC(c1ccccc1)C(OCCCCBr)c1ccccc1. The molecule has 0 amide bonds. The Labute approximate surface area is 134 Å². The molecule has 2 unspecified atom stereocenters. The Hall–Kier alpha value is -1.19. The molecular formula is C18H20BrFO. The van der Waals surface area contributed by atoms with Crippen LogP contribution >= 0.6 is 15.9 Å². The Morgan fingerprint density at radius 2 is 1.43 bits per heavy atom. The van der Waals surface area contributed by atoms with Crippen molar-refractivity contribution in [1.29, 1.82) is 0 Å². The molecule has 2 aromatic carbocycles. The molecule has 0 heterocycles. The molecule has 0 aliphatic rings. The van der Waals surface area contributed by atoms with Crippen LogP contribution in [0.4, 0.5) is 4.39 Å². The smallest absolute Gasteiger partial charge is 0.155 e. The highest BCUT2D eigenvalue weighted by atomic mass is 79.9.